The molecule has 2 fully saturated rings. The van der Waals surface area contributed by atoms with Crippen LogP contribution in [0.2, 0.25) is 0 Å². The van der Waals surface area contributed by atoms with Gasteiger partial charge in [-0.3, -0.25) is 10.1 Å². The molecule has 2 aliphatic heterocycles. The number of pyridine rings is 1. The van der Waals surface area contributed by atoms with Crippen molar-refractivity contribution in [2.45, 2.75) is 26.3 Å². The van der Waals surface area contributed by atoms with Crippen LogP contribution in [0, 0.1) is 28.9 Å². The maximum absolute atomic E-state index is 11.4. The van der Waals surface area contributed by atoms with E-state index in [1.54, 1.807) is 19.2 Å². The molecule has 0 radical (unpaired) electrons. The number of nitro groups is 1. The van der Waals surface area contributed by atoms with Crippen LogP contribution in [0.15, 0.2) is 12.3 Å². The number of nitrogens with one attached hydrogen (secondary N) is 1. The molecule has 20 heavy (non-hydrogen) atoms. The highest BCUT2D eigenvalue weighted by atomic mass is 16.6. The fourth-order valence-corrected chi connectivity index (χ4v) is 3.74. The number of hydrogen-bond donors (Lipinski definition) is 1. The SMILES string of the molecule is Cc1ccnc(N2CC3CNCC3C2(C)C)c1[N+](=O)[O-]. The molecule has 0 bridgehead atoms. The molecule has 6 heteroatoms. The summed E-state index contributed by atoms with van der Waals surface area (Å²) in [6.07, 6.45) is 1.67. The molecule has 3 rings (SSSR count). The Labute approximate surface area is 118 Å². The predicted octanol–water partition coefficient (Wildman–Crippen LogP) is 1.73. The Balaban J connectivity index is 2.06. The molecule has 0 saturated carbocycles. The Hall–Kier alpha value is -1.69. The highest BCUT2D eigenvalue weighted by molar-refractivity contribution is 5.63. The number of fused-ring (bicyclic) bond motifs is 1. The summed E-state index contributed by atoms with van der Waals surface area (Å²) in [5.74, 6) is 1.59. The number of aromatic nitrogens is 1. The van der Waals surface area contributed by atoms with Crippen molar-refractivity contribution in [3.05, 3.63) is 27.9 Å². The van der Waals surface area contributed by atoms with Crippen LogP contribution < -0.4 is 10.2 Å². The summed E-state index contributed by atoms with van der Waals surface area (Å²) >= 11 is 0. The molecule has 108 valence electrons. The predicted molar refractivity (Wildman–Crippen MR) is 76.9 cm³/mol. The van der Waals surface area contributed by atoms with Crippen molar-refractivity contribution in [1.29, 1.82) is 0 Å². The van der Waals surface area contributed by atoms with Crippen LogP contribution in [0.25, 0.3) is 0 Å². The number of hydrogen-bond acceptors (Lipinski definition) is 5. The van der Waals surface area contributed by atoms with E-state index in [-0.39, 0.29) is 16.1 Å². The second kappa shape index (κ2) is 4.41. The first-order chi connectivity index (χ1) is 9.43. The second-order valence-corrected chi connectivity index (χ2v) is 6.35. The smallest absolute Gasteiger partial charge is 0.314 e. The maximum atomic E-state index is 11.4. The molecule has 2 saturated heterocycles. The summed E-state index contributed by atoms with van der Waals surface area (Å²) in [6.45, 7) is 8.91. The first-order valence-corrected chi connectivity index (χ1v) is 7.01. The third kappa shape index (κ3) is 1.78. The first kappa shape index (κ1) is 13.3. The third-order valence-electron chi connectivity index (χ3n) is 4.90. The summed E-state index contributed by atoms with van der Waals surface area (Å²) in [5.41, 5.74) is 0.708. The zero-order valence-electron chi connectivity index (χ0n) is 12.1. The number of aryl methyl sites for hydroxylation is 1. The Bertz CT molecular complexity index is 558. The summed E-state index contributed by atoms with van der Waals surface area (Å²) in [7, 11) is 0. The topological polar surface area (TPSA) is 71.3 Å². The third-order valence-corrected chi connectivity index (χ3v) is 4.90. The maximum Gasteiger partial charge on any atom is 0.314 e. The highest BCUT2D eigenvalue weighted by Gasteiger charge is 2.51. The minimum atomic E-state index is -0.305. The van der Waals surface area contributed by atoms with Gasteiger partial charge in [-0.15, -0.1) is 0 Å². The van der Waals surface area contributed by atoms with Gasteiger partial charge in [0.2, 0.25) is 5.82 Å². The lowest BCUT2D eigenvalue weighted by atomic mass is 9.85. The van der Waals surface area contributed by atoms with E-state index in [2.05, 4.69) is 29.0 Å². The van der Waals surface area contributed by atoms with E-state index in [1.165, 1.54) is 0 Å². The Morgan fingerprint density at radius 1 is 1.50 bits per heavy atom. The molecule has 2 aliphatic rings. The van der Waals surface area contributed by atoms with Crippen molar-refractivity contribution >= 4 is 11.5 Å². The van der Waals surface area contributed by atoms with Crippen LogP contribution >= 0.6 is 0 Å². The molecule has 3 heterocycles. The lowest BCUT2D eigenvalue weighted by molar-refractivity contribution is -0.385. The molecule has 2 unspecified atom stereocenters. The van der Waals surface area contributed by atoms with Crippen molar-refractivity contribution in [2.75, 3.05) is 24.5 Å². The van der Waals surface area contributed by atoms with Crippen molar-refractivity contribution < 1.29 is 4.92 Å². The molecular formula is C14H20N4O2. The average Bonchev–Trinajstić information content (AvgIpc) is 2.91. The number of nitrogens with zero attached hydrogens (tertiary/aromatic N) is 3. The minimum Gasteiger partial charge on any atom is -0.345 e. The van der Waals surface area contributed by atoms with Crippen LogP contribution in [0.3, 0.4) is 0 Å². The van der Waals surface area contributed by atoms with Crippen LogP contribution in [0.1, 0.15) is 19.4 Å². The van der Waals surface area contributed by atoms with Crippen molar-refractivity contribution in [3.8, 4) is 0 Å². The van der Waals surface area contributed by atoms with Gasteiger partial charge in [-0.05, 0) is 38.7 Å². The quantitative estimate of drug-likeness (QED) is 0.658. The number of anilines is 1. The van der Waals surface area contributed by atoms with E-state index in [0.29, 0.717) is 23.2 Å². The molecule has 1 aromatic rings. The Morgan fingerprint density at radius 3 is 2.90 bits per heavy atom. The monoisotopic (exact) mass is 276 g/mol. The van der Waals surface area contributed by atoms with Crippen molar-refractivity contribution in [1.82, 2.24) is 10.3 Å². The Morgan fingerprint density at radius 2 is 2.25 bits per heavy atom. The summed E-state index contributed by atoms with van der Waals surface area (Å²) in [4.78, 5) is 17.5. The highest BCUT2D eigenvalue weighted by Crippen LogP contribution is 2.45. The van der Waals surface area contributed by atoms with E-state index in [9.17, 15) is 10.1 Å². The average molecular weight is 276 g/mol. The van der Waals surface area contributed by atoms with E-state index in [1.807, 2.05) is 0 Å². The molecule has 6 nitrogen and oxygen atoms in total. The molecule has 0 aliphatic carbocycles. The van der Waals surface area contributed by atoms with Gasteiger partial charge in [0.1, 0.15) is 0 Å². The second-order valence-electron chi connectivity index (χ2n) is 6.35. The van der Waals surface area contributed by atoms with Crippen molar-refractivity contribution in [2.24, 2.45) is 11.8 Å². The largest absolute Gasteiger partial charge is 0.345 e. The first-order valence-electron chi connectivity index (χ1n) is 7.01. The van der Waals surface area contributed by atoms with Gasteiger partial charge in [-0.25, -0.2) is 4.98 Å². The van der Waals surface area contributed by atoms with Gasteiger partial charge in [0, 0.05) is 36.9 Å². The lowest BCUT2D eigenvalue weighted by Crippen LogP contribution is -2.45. The zero-order chi connectivity index (χ0) is 14.5. The molecule has 0 spiro atoms. The van der Waals surface area contributed by atoms with E-state index in [4.69, 9.17) is 0 Å². The summed E-state index contributed by atoms with van der Waals surface area (Å²) < 4.78 is 0. The van der Waals surface area contributed by atoms with Gasteiger partial charge in [0.15, 0.2) is 0 Å². The van der Waals surface area contributed by atoms with Crippen molar-refractivity contribution in [3.63, 3.8) is 0 Å². The van der Waals surface area contributed by atoms with Crippen LogP contribution in [-0.4, -0.2) is 35.1 Å². The summed E-state index contributed by atoms with van der Waals surface area (Å²) in [5, 5.41) is 14.8. The van der Waals surface area contributed by atoms with Crippen LogP contribution in [-0.2, 0) is 0 Å². The molecule has 1 N–H and O–H groups in total. The van der Waals surface area contributed by atoms with Gasteiger partial charge in [0.05, 0.1) is 4.92 Å². The fourth-order valence-electron chi connectivity index (χ4n) is 3.74. The van der Waals surface area contributed by atoms with E-state index >= 15 is 0 Å². The van der Waals surface area contributed by atoms with Gasteiger partial charge in [-0.1, -0.05) is 0 Å². The normalized spacial score (nSPS) is 27.6. The van der Waals surface area contributed by atoms with Gasteiger partial charge >= 0.3 is 5.69 Å². The minimum absolute atomic E-state index is 0.111. The standard InChI is InChI=1S/C14H20N4O2/c1-9-4-5-16-13(12(9)18(19)20)17-8-10-6-15-7-11(10)14(17,2)3/h4-5,10-11,15H,6-8H2,1-3H3. The molecule has 0 amide bonds. The molecule has 2 atom stereocenters. The van der Waals surface area contributed by atoms with Gasteiger partial charge < -0.3 is 10.2 Å². The van der Waals surface area contributed by atoms with Crippen LogP contribution in [0.4, 0.5) is 11.5 Å². The van der Waals surface area contributed by atoms with E-state index in [0.717, 1.165) is 19.6 Å². The Kier molecular flexibility index (Phi) is 2.93. The zero-order valence-corrected chi connectivity index (χ0v) is 12.1. The molecular weight excluding hydrogens is 256 g/mol. The molecule has 1 aromatic heterocycles. The van der Waals surface area contributed by atoms with Gasteiger partial charge in [-0.2, -0.15) is 0 Å². The summed E-state index contributed by atoms with van der Waals surface area (Å²) in [6, 6.07) is 1.70. The van der Waals surface area contributed by atoms with Crippen LogP contribution in [0.5, 0.6) is 0 Å². The van der Waals surface area contributed by atoms with Gasteiger partial charge in [0.25, 0.3) is 0 Å². The lowest BCUT2D eigenvalue weighted by Gasteiger charge is -2.36. The van der Waals surface area contributed by atoms with E-state index < -0.39 is 0 Å². The fraction of sp³-hybridized carbons (Fsp3) is 0.643. The molecule has 0 aromatic carbocycles. The number of rotatable bonds is 2.